The minimum Gasteiger partial charge on any atom is -0.313 e. The first-order chi connectivity index (χ1) is 7.83. The van der Waals surface area contributed by atoms with Gasteiger partial charge in [0.2, 0.25) is 0 Å². The Morgan fingerprint density at radius 2 is 2.06 bits per heavy atom. The van der Waals surface area contributed by atoms with Gasteiger partial charge in [-0.2, -0.15) is 0 Å². The molecule has 0 radical (unpaired) electrons. The Balaban J connectivity index is 2.09. The van der Waals surface area contributed by atoms with Crippen molar-refractivity contribution in [3.05, 3.63) is 60.2 Å². The van der Waals surface area contributed by atoms with Gasteiger partial charge in [-0.3, -0.25) is 0 Å². The molecule has 0 aliphatic rings. The lowest BCUT2D eigenvalue weighted by molar-refractivity contribution is 0.648. The van der Waals surface area contributed by atoms with Crippen molar-refractivity contribution in [1.29, 1.82) is 0 Å². The Bertz CT molecular complexity index is 325. The van der Waals surface area contributed by atoms with Crippen molar-refractivity contribution >= 4 is 0 Å². The van der Waals surface area contributed by atoms with Gasteiger partial charge in [0.25, 0.3) is 0 Å². The van der Waals surface area contributed by atoms with E-state index in [0.717, 1.165) is 19.5 Å². The van der Waals surface area contributed by atoms with Crippen LogP contribution < -0.4 is 5.32 Å². The summed E-state index contributed by atoms with van der Waals surface area (Å²) in [4.78, 5) is 0. The predicted molar refractivity (Wildman–Crippen MR) is 71.3 cm³/mol. The number of benzene rings is 1. The van der Waals surface area contributed by atoms with Gasteiger partial charge in [-0.1, -0.05) is 54.6 Å². The average molecular weight is 215 g/mol. The lowest BCUT2D eigenvalue weighted by atomic mass is 10.1. The molecular formula is C15H21N. The van der Waals surface area contributed by atoms with E-state index in [1.165, 1.54) is 17.6 Å². The number of hydrogen-bond acceptors (Lipinski definition) is 1. The van der Waals surface area contributed by atoms with Gasteiger partial charge in [0.1, 0.15) is 0 Å². The Morgan fingerprint density at radius 3 is 2.75 bits per heavy atom. The van der Waals surface area contributed by atoms with Crippen molar-refractivity contribution in [2.45, 2.75) is 26.3 Å². The molecule has 0 aromatic heterocycles. The summed E-state index contributed by atoms with van der Waals surface area (Å²) in [7, 11) is 0. The monoisotopic (exact) mass is 215 g/mol. The molecule has 0 aliphatic carbocycles. The standard InChI is InChI=1S/C15H21N/c1-3-8-14(2)9-7-12-16-13-15-10-5-4-6-11-15/h3-6,8,10-11,16H,1,7,9,12-13H2,2H3/b14-8+. The molecule has 0 atom stereocenters. The fourth-order valence-corrected chi connectivity index (χ4v) is 1.61. The van der Waals surface area contributed by atoms with E-state index < -0.39 is 0 Å². The van der Waals surface area contributed by atoms with Crippen LogP contribution in [0.4, 0.5) is 0 Å². The van der Waals surface area contributed by atoms with Crippen LogP contribution in [0.2, 0.25) is 0 Å². The van der Waals surface area contributed by atoms with Gasteiger partial charge in [-0.15, -0.1) is 0 Å². The van der Waals surface area contributed by atoms with Crippen molar-refractivity contribution in [3.63, 3.8) is 0 Å². The summed E-state index contributed by atoms with van der Waals surface area (Å²) in [5.41, 5.74) is 2.75. The van der Waals surface area contributed by atoms with Gasteiger partial charge in [0.15, 0.2) is 0 Å². The molecule has 0 bridgehead atoms. The van der Waals surface area contributed by atoms with Crippen molar-refractivity contribution in [1.82, 2.24) is 5.32 Å². The highest BCUT2D eigenvalue weighted by Gasteiger charge is 1.92. The summed E-state index contributed by atoms with van der Waals surface area (Å²) in [6.45, 7) is 7.87. The van der Waals surface area contributed by atoms with E-state index >= 15 is 0 Å². The first kappa shape index (κ1) is 12.7. The smallest absolute Gasteiger partial charge is 0.0205 e. The predicted octanol–water partition coefficient (Wildman–Crippen LogP) is 3.69. The zero-order chi connectivity index (χ0) is 11.6. The molecule has 1 rings (SSSR count). The molecule has 1 heteroatoms. The molecule has 0 saturated heterocycles. The summed E-state index contributed by atoms with van der Waals surface area (Å²) in [5.74, 6) is 0. The maximum Gasteiger partial charge on any atom is 0.0205 e. The first-order valence-electron chi connectivity index (χ1n) is 5.86. The molecule has 0 saturated carbocycles. The van der Waals surface area contributed by atoms with Crippen molar-refractivity contribution in [2.75, 3.05) is 6.54 Å². The lowest BCUT2D eigenvalue weighted by Crippen LogP contribution is -2.14. The van der Waals surface area contributed by atoms with Crippen molar-refractivity contribution in [3.8, 4) is 0 Å². The van der Waals surface area contributed by atoms with E-state index in [1.807, 2.05) is 12.1 Å². The third kappa shape index (κ3) is 5.52. The molecule has 1 aromatic carbocycles. The van der Waals surface area contributed by atoms with Crippen LogP contribution in [0, 0.1) is 0 Å². The highest BCUT2D eigenvalue weighted by atomic mass is 14.8. The third-order valence-electron chi connectivity index (χ3n) is 2.50. The summed E-state index contributed by atoms with van der Waals surface area (Å²) in [5, 5.41) is 3.45. The Labute approximate surface area is 98.9 Å². The normalized spacial score (nSPS) is 11.4. The van der Waals surface area contributed by atoms with Crippen LogP contribution in [0.1, 0.15) is 25.3 Å². The lowest BCUT2D eigenvalue weighted by Gasteiger charge is -2.04. The van der Waals surface area contributed by atoms with E-state index in [-0.39, 0.29) is 0 Å². The van der Waals surface area contributed by atoms with Crippen molar-refractivity contribution in [2.24, 2.45) is 0 Å². The Morgan fingerprint density at radius 1 is 1.31 bits per heavy atom. The van der Waals surface area contributed by atoms with Gasteiger partial charge in [-0.25, -0.2) is 0 Å². The molecule has 1 aromatic rings. The molecule has 0 unspecified atom stereocenters. The topological polar surface area (TPSA) is 12.0 Å². The summed E-state index contributed by atoms with van der Waals surface area (Å²) in [6, 6.07) is 10.5. The Kier molecular flexibility index (Phi) is 6.28. The van der Waals surface area contributed by atoms with E-state index in [1.54, 1.807) is 0 Å². The van der Waals surface area contributed by atoms with Crippen molar-refractivity contribution < 1.29 is 0 Å². The SMILES string of the molecule is C=C/C=C(\C)CCCNCc1ccccc1. The van der Waals surface area contributed by atoms with E-state index in [0.29, 0.717) is 0 Å². The second kappa shape index (κ2) is 7.89. The van der Waals surface area contributed by atoms with Crippen LogP contribution >= 0.6 is 0 Å². The summed E-state index contributed by atoms with van der Waals surface area (Å²) >= 11 is 0. The zero-order valence-electron chi connectivity index (χ0n) is 10.1. The summed E-state index contributed by atoms with van der Waals surface area (Å²) < 4.78 is 0. The molecule has 0 spiro atoms. The van der Waals surface area contributed by atoms with Gasteiger partial charge in [0, 0.05) is 6.54 Å². The largest absolute Gasteiger partial charge is 0.313 e. The van der Waals surface area contributed by atoms with E-state index in [9.17, 15) is 0 Å². The van der Waals surface area contributed by atoms with Gasteiger partial charge in [-0.05, 0) is 31.9 Å². The molecule has 0 heterocycles. The van der Waals surface area contributed by atoms with Crippen LogP contribution in [0.15, 0.2) is 54.6 Å². The van der Waals surface area contributed by atoms with Crippen LogP contribution in [-0.4, -0.2) is 6.54 Å². The summed E-state index contributed by atoms with van der Waals surface area (Å²) in [6.07, 6.45) is 6.26. The molecule has 0 aliphatic heterocycles. The van der Waals surface area contributed by atoms with Crippen LogP contribution in [0.25, 0.3) is 0 Å². The van der Waals surface area contributed by atoms with Gasteiger partial charge >= 0.3 is 0 Å². The molecule has 1 nitrogen and oxygen atoms in total. The molecule has 86 valence electrons. The first-order valence-corrected chi connectivity index (χ1v) is 5.86. The highest BCUT2D eigenvalue weighted by Crippen LogP contribution is 2.03. The second-order valence-electron chi connectivity index (χ2n) is 4.01. The van der Waals surface area contributed by atoms with Crippen LogP contribution in [0.3, 0.4) is 0 Å². The van der Waals surface area contributed by atoms with Crippen LogP contribution in [-0.2, 0) is 6.54 Å². The maximum absolute atomic E-state index is 3.69. The number of nitrogens with one attached hydrogen (secondary N) is 1. The minimum atomic E-state index is 0.963. The fraction of sp³-hybridized carbons (Fsp3) is 0.333. The number of hydrogen-bond donors (Lipinski definition) is 1. The molecule has 16 heavy (non-hydrogen) atoms. The van der Waals surface area contributed by atoms with Crippen LogP contribution in [0.5, 0.6) is 0 Å². The number of allylic oxidation sites excluding steroid dienone is 3. The molecule has 0 fully saturated rings. The fourth-order valence-electron chi connectivity index (χ4n) is 1.61. The van der Waals surface area contributed by atoms with E-state index in [2.05, 4.69) is 49.2 Å². The third-order valence-corrected chi connectivity index (χ3v) is 2.50. The second-order valence-corrected chi connectivity index (χ2v) is 4.01. The van der Waals surface area contributed by atoms with Gasteiger partial charge in [0.05, 0.1) is 0 Å². The maximum atomic E-state index is 3.69. The minimum absolute atomic E-state index is 0.963. The quantitative estimate of drug-likeness (QED) is 0.540. The highest BCUT2D eigenvalue weighted by molar-refractivity contribution is 5.14. The number of rotatable bonds is 7. The Hall–Kier alpha value is -1.34. The average Bonchev–Trinajstić information content (AvgIpc) is 2.30. The molecular weight excluding hydrogens is 194 g/mol. The van der Waals surface area contributed by atoms with Gasteiger partial charge < -0.3 is 5.32 Å². The zero-order valence-corrected chi connectivity index (χ0v) is 10.1. The molecule has 1 N–H and O–H groups in total. The van der Waals surface area contributed by atoms with E-state index in [4.69, 9.17) is 0 Å². The molecule has 0 amide bonds.